The molecule has 0 saturated heterocycles. The summed E-state index contributed by atoms with van der Waals surface area (Å²) >= 11 is 0. The summed E-state index contributed by atoms with van der Waals surface area (Å²) in [7, 11) is 0. The highest BCUT2D eigenvalue weighted by Gasteiger charge is 1.98. The summed E-state index contributed by atoms with van der Waals surface area (Å²) in [6.07, 6.45) is 0. The van der Waals surface area contributed by atoms with Crippen LogP contribution in [0.3, 0.4) is 0 Å². The monoisotopic (exact) mass is 228 g/mol. The Morgan fingerprint density at radius 1 is 1.06 bits per heavy atom. The van der Waals surface area contributed by atoms with Crippen LogP contribution in [0.25, 0.3) is 0 Å². The van der Waals surface area contributed by atoms with Crippen LogP contribution in [-0.4, -0.2) is 4.98 Å². The number of nitrogens with two attached hydrogens (primary N) is 1. The zero-order valence-corrected chi connectivity index (χ0v) is 9.77. The fourth-order valence-electron chi connectivity index (χ4n) is 1.61. The van der Waals surface area contributed by atoms with Gasteiger partial charge in [0.1, 0.15) is 11.6 Å². The van der Waals surface area contributed by atoms with Crippen LogP contribution in [0.15, 0.2) is 42.5 Å². The average molecular weight is 228 g/mol. The van der Waals surface area contributed by atoms with Gasteiger partial charge in [0.2, 0.25) is 0 Å². The van der Waals surface area contributed by atoms with Crippen LogP contribution in [0.2, 0.25) is 0 Å². The van der Waals surface area contributed by atoms with Crippen molar-refractivity contribution in [3.63, 3.8) is 0 Å². The van der Waals surface area contributed by atoms with Crippen LogP contribution in [0, 0.1) is 6.92 Å². The maximum Gasteiger partial charge on any atom is 0.142 e. The molecule has 0 unspecified atom stereocenters. The van der Waals surface area contributed by atoms with Crippen molar-refractivity contribution in [3.05, 3.63) is 53.6 Å². The van der Waals surface area contributed by atoms with E-state index >= 15 is 0 Å². The van der Waals surface area contributed by atoms with Gasteiger partial charge in [-0.25, -0.2) is 10.8 Å². The van der Waals surface area contributed by atoms with Gasteiger partial charge in [0.15, 0.2) is 0 Å². The van der Waals surface area contributed by atoms with E-state index in [0.717, 1.165) is 12.4 Å². The second-order valence-corrected chi connectivity index (χ2v) is 3.83. The van der Waals surface area contributed by atoms with Gasteiger partial charge in [-0.3, -0.25) is 0 Å². The minimum absolute atomic E-state index is 0.653. The Morgan fingerprint density at radius 2 is 1.82 bits per heavy atom. The Kier molecular flexibility index (Phi) is 3.57. The second-order valence-electron chi connectivity index (χ2n) is 3.83. The lowest BCUT2D eigenvalue weighted by Gasteiger charge is -2.09. The highest BCUT2D eigenvalue weighted by atomic mass is 15.3. The molecule has 0 aliphatic carbocycles. The molecule has 4 nitrogen and oxygen atoms in total. The molecule has 1 aromatic heterocycles. The molecule has 88 valence electrons. The van der Waals surface area contributed by atoms with Crippen molar-refractivity contribution in [2.24, 2.45) is 5.84 Å². The lowest BCUT2D eigenvalue weighted by atomic mass is 10.1. The van der Waals surface area contributed by atoms with Gasteiger partial charge >= 0.3 is 0 Å². The largest absolute Gasteiger partial charge is 0.366 e. The fourth-order valence-corrected chi connectivity index (χ4v) is 1.61. The average Bonchev–Trinajstić information content (AvgIpc) is 2.38. The van der Waals surface area contributed by atoms with E-state index in [0.29, 0.717) is 5.82 Å². The van der Waals surface area contributed by atoms with Gasteiger partial charge in [0.25, 0.3) is 0 Å². The SMILES string of the molecule is Cc1ccccc1CNc1cccc(NN)n1. The quantitative estimate of drug-likeness (QED) is 0.555. The number of hydrazine groups is 1. The third-order valence-corrected chi connectivity index (χ3v) is 2.62. The van der Waals surface area contributed by atoms with Crippen molar-refractivity contribution in [2.75, 3.05) is 10.7 Å². The Labute approximate surface area is 101 Å². The first-order valence-electron chi connectivity index (χ1n) is 5.51. The van der Waals surface area contributed by atoms with Crippen LogP contribution < -0.4 is 16.6 Å². The molecule has 0 spiro atoms. The summed E-state index contributed by atoms with van der Waals surface area (Å²) < 4.78 is 0. The lowest BCUT2D eigenvalue weighted by molar-refractivity contribution is 1.09. The zero-order valence-electron chi connectivity index (χ0n) is 9.77. The molecule has 0 radical (unpaired) electrons. The van der Waals surface area contributed by atoms with Gasteiger partial charge < -0.3 is 10.7 Å². The van der Waals surface area contributed by atoms with Crippen molar-refractivity contribution in [2.45, 2.75) is 13.5 Å². The molecule has 0 amide bonds. The van der Waals surface area contributed by atoms with E-state index < -0.39 is 0 Å². The molecule has 17 heavy (non-hydrogen) atoms. The maximum absolute atomic E-state index is 5.31. The number of hydrogen-bond acceptors (Lipinski definition) is 4. The molecule has 4 heteroatoms. The van der Waals surface area contributed by atoms with Gasteiger partial charge in [-0.2, -0.15) is 0 Å². The summed E-state index contributed by atoms with van der Waals surface area (Å²) in [5, 5.41) is 3.27. The third kappa shape index (κ3) is 2.95. The molecule has 0 bridgehead atoms. The van der Waals surface area contributed by atoms with Gasteiger partial charge in [-0.1, -0.05) is 30.3 Å². The minimum Gasteiger partial charge on any atom is -0.366 e. The van der Waals surface area contributed by atoms with Gasteiger partial charge in [0, 0.05) is 6.54 Å². The van der Waals surface area contributed by atoms with Gasteiger partial charge in [-0.15, -0.1) is 0 Å². The first kappa shape index (κ1) is 11.4. The first-order chi connectivity index (χ1) is 8.29. The van der Waals surface area contributed by atoms with Crippen molar-refractivity contribution in [1.82, 2.24) is 4.98 Å². The van der Waals surface area contributed by atoms with E-state index in [4.69, 9.17) is 5.84 Å². The van der Waals surface area contributed by atoms with Gasteiger partial charge in [-0.05, 0) is 30.2 Å². The molecule has 2 rings (SSSR count). The number of nitrogen functional groups attached to an aromatic ring is 1. The van der Waals surface area contributed by atoms with E-state index in [-0.39, 0.29) is 0 Å². The van der Waals surface area contributed by atoms with Crippen LogP contribution in [0.4, 0.5) is 11.6 Å². The van der Waals surface area contributed by atoms with Crippen LogP contribution >= 0.6 is 0 Å². The molecule has 0 atom stereocenters. The van der Waals surface area contributed by atoms with Crippen LogP contribution in [-0.2, 0) is 6.54 Å². The van der Waals surface area contributed by atoms with Crippen LogP contribution in [0.1, 0.15) is 11.1 Å². The number of rotatable bonds is 4. The smallest absolute Gasteiger partial charge is 0.142 e. The molecule has 4 N–H and O–H groups in total. The number of aryl methyl sites for hydroxylation is 1. The molecular formula is C13H16N4. The van der Waals surface area contributed by atoms with Crippen LogP contribution in [0.5, 0.6) is 0 Å². The minimum atomic E-state index is 0.653. The van der Waals surface area contributed by atoms with E-state index in [1.165, 1.54) is 11.1 Å². The zero-order chi connectivity index (χ0) is 12.1. The normalized spacial score (nSPS) is 10.0. The number of nitrogens with one attached hydrogen (secondary N) is 2. The maximum atomic E-state index is 5.31. The van der Waals surface area contributed by atoms with Crippen molar-refractivity contribution >= 4 is 11.6 Å². The summed E-state index contributed by atoms with van der Waals surface area (Å²) in [5.74, 6) is 6.77. The van der Waals surface area contributed by atoms with Crippen molar-refractivity contribution in [1.29, 1.82) is 0 Å². The Balaban J connectivity index is 2.05. The molecule has 2 aromatic rings. The van der Waals surface area contributed by atoms with E-state index in [1.807, 2.05) is 30.3 Å². The second kappa shape index (κ2) is 5.32. The lowest BCUT2D eigenvalue weighted by Crippen LogP contribution is -2.10. The Morgan fingerprint density at radius 3 is 2.59 bits per heavy atom. The number of pyridine rings is 1. The summed E-state index contributed by atoms with van der Waals surface area (Å²) in [5.41, 5.74) is 5.06. The predicted molar refractivity (Wildman–Crippen MR) is 70.6 cm³/mol. The van der Waals surface area contributed by atoms with E-state index in [1.54, 1.807) is 0 Å². The molecule has 1 aromatic carbocycles. The first-order valence-corrected chi connectivity index (χ1v) is 5.51. The van der Waals surface area contributed by atoms with Gasteiger partial charge in [0.05, 0.1) is 0 Å². The summed E-state index contributed by atoms with van der Waals surface area (Å²) in [6.45, 7) is 2.86. The topological polar surface area (TPSA) is 63.0 Å². The standard InChI is InChI=1S/C13H16N4/c1-10-5-2-3-6-11(10)9-15-12-7-4-8-13(16-12)17-14/h2-8H,9,14H2,1H3,(H2,15,16,17). The number of hydrogen-bond donors (Lipinski definition) is 3. The third-order valence-electron chi connectivity index (χ3n) is 2.62. The number of benzene rings is 1. The molecule has 0 fully saturated rings. The fraction of sp³-hybridized carbons (Fsp3) is 0.154. The highest BCUT2D eigenvalue weighted by molar-refractivity contribution is 5.45. The van der Waals surface area contributed by atoms with Crippen molar-refractivity contribution in [3.8, 4) is 0 Å². The Hall–Kier alpha value is -2.07. The number of aromatic nitrogens is 1. The molecular weight excluding hydrogens is 212 g/mol. The summed E-state index contributed by atoms with van der Waals surface area (Å²) in [4.78, 5) is 4.29. The van der Waals surface area contributed by atoms with E-state index in [2.05, 4.69) is 34.8 Å². The number of anilines is 2. The molecule has 0 aliphatic heterocycles. The highest BCUT2D eigenvalue weighted by Crippen LogP contribution is 2.12. The Bertz CT molecular complexity index is 496. The molecule has 0 saturated carbocycles. The molecule has 0 aliphatic rings. The van der Waals surface area contributed by atoms with Crippen molar-refractivity contribution < 1.29 is 0 Å². The molecule has 1 heterocycles. The predicted octanol–water partition coefficient (Wildman–Crippen LogP) is 2.29. The number of nitrogens with zero attached hydrogens (tertiary/aromatic N) is 1. The van der Waals surface area contributed by atoms with E-state index in [9.17, 15) is 0 Å². The summed E-state index contributed by atoms with van der Waals surface area (Å²) in [6, 6.07) is 13.9.